The van der Waals surface area contributed by atoms with Crippen molar-refractivity contribution in [3.05, 3.63) is 23.4 Å². The quantitative estimate of drug-likeness (QED) is 0.779. The highest BCUT2D eigenvalue weighted by Gasteiger charge is 2.07. The molecule has 3 nitrogen and oxygen atoms in total. The number of nitrogens with one attached hydrogen (secondary N) is 1. The molecule has 1 heterocycles. The Balaban J connectivity index is 2.75. The fourth-order valence-electron chi connectivity index (χ4n) is 2.19. The van der Waals surface area contributed by atoms with Gasteiger partial charge in [-0.1, -0.05) is 20.8 Å². The Bertz CT molecular complexity index is 374. The summed E-state index contributed by atoms with van der Waals surface area (Å²) in [5.41, 5.74) is 2.44. The first-order chi connectivity index (χ1) is 9.06. The second-order valence-electron chi connectivity index (χ2n) is 5.58. The van der Waals surface area contributed by atoms with Gasteiger partial charge in [-0.05, 0) is 50.4 Å². The molecule has 0 amide bonds. The minimum Gasteiger partial charge on any atom is -0.357 e. The Kier molecular flexibility index (Phi) is 6.85. The standard InChI is InChI=1S/C16H29N3/c1-6-8-19(7-2)16-10-15(9-14(5)18-16)12-17-11-13(3)4/h9-10,13,17H,6-8,11-12H2,1-5H3. The number of pyridine rings is 1. The summed E-state index contributed by atoms with van der Waals surface area (Å²) in [6.07, 6.45) is 1.16. The Hall–Kier alpha value is -1.09. The molecule has 0 bridgehead atoms. The number of rotatable bonds is 8. The molecule has 19 heavy (non-hydrogen) atoms. The third-order valence-corrected chi connectivity index (χ3v) is 3.08. The molecular formula is C16H29N3. The second-order valence-corrected chi connectivity index (χ2v) is 5.58. The first kappa shape index (κ1) is 16.0. The van der Waals surface area contributed by atoms with Crippen LogP contribution in [0.1, 0.15) is 45.4 Å². The van der Waals surface area contributed by atoms with Gasteiger partial charge in [0.2, 0.25) is 0 Å². The molecule has 1 N–H and O–H groups in total. The molecule has 0 fully saturated rings. The molecule has 0 saturated carbocycles. The molecule has 0 atom stereocenters. The molecule has 1 rings (SSSR count). The lowest BCUT2D eigenvalue weighted by Crippen LogP contribution is -2.25. The van der Waals surface area contributed by atoms with Crippen LogP contribution >= 0.6 is 0 Å². The lowest BCUT2D eigenvalue weighted by atomic mass is 10.2. The first-order valence-corrected chi connectivity index (χ1v) is 7.50. The molecule has 0 spiro atoms. The normalized spacial score (nSPS) is 11.1. The summed E-state index contributed by atoms with van der Waals surface area (Å²) < 4.78 is 0. The molecule has 108 valence electrons. The molecule has 0 aliphatic carbocycles. The van der Waals surface area contributed by atoms with E-state index in [4.69, 9.17) is 0 Å². The molecule has 0 aliphatic heterocycles. The maximum absolute atomic E-state index is 4.66. The SMILES string of the molecule is CCCN(CC)c1cc(CNCC(C)C)cc(C)n1. The topological polar surface area (TPSA) is 28.2 Å². The highest BCUT2D eigenvalue weighted by Crippen LogP contribution is 2.15. The fraction of sp³-hybridized carbons (Fsp3) is 0.688. The summed E-state index contributed by atoms with van der Waals surface area (Å²) in [6, 6.07) is 4.40. The molecule has 3 heteroatoms. The molecule has 0 radical (unpaired) electrons. The predicted octanol–water partition coefficient (Wildman–Crippen LogP) is 3.37. The Morgan fingerprint density at radius 1 is 1.26 bits per heavy atom. The van der Waals surface area contributed by atoms with Crippen LogP contribution < -0.4 is 10.2 Å². The smallest absolute Gasteiger partial charge is 0.129 e. The molecule has 0 aromatic carbocycles. The van der Waals surface area contributed by atoms with E-state index in [1.165, 1.54) is 5.56 Å². The van der Waals surface area contributed by atoms with Crippen LogP contribution in [0.4, 0.5) is 5.82 Å². The predicted molar refractivity (Wildman–Crippen MR) is 83.7 cm³/mol. The fourth-order valence-corrected chi connectivity index (χ4v) is 2.19. The number of hydrogen-bond acceptors (Lipinski definition) is 3. The third kappa shape index (κ3) is 5.60. The highest BCUT2D eigenvalue weighted by molar-refractivity contribution is 5.42. The van der Waals surface area contributed by atoms with Gasteiger partial charge in [-0.25, -0.2) is 4.98 Å². The highest BCUT2D eigenvalue weighted by atomic mass is 15.2. The molecule has 0 unspecified atom stereocenters. The van der Waals surface area contributed by atoms with Gasteiger partial charge in [0.05, 0.1) is 0 Å². The van der Waals surface area contributed by atoms with Crippen molar-refractivity contribution in [2.45, 2.75) is 47.6 Å². The maximum Gasteiger partial charge on any atom is 0.129 e. The van der Waals surface area contributed by atoms with Crippen LogP contribution in [0.3, 0.4) is 0 Å². The van der Waals surface area contributed by atoms with Gasteiger partial charge in [0.1, 0.15) is 5.82 Å². The van der Waals surface area contributed by atoms with Gasteiger partial charge in [0.15, 0.2) is 0 Å². The van der Waals surface area contributed by atoms with Crippen LogP contribution in [0.25, 0.3) is 0 Å². The third-order valence-electron chi connectivity index (χ3n) is 3.08. The van der Waals surface area contributed by atoms with Crippen molar-refractivity contribution in [1.29, 1.82) is 0 Å². The molecule has 1 aromatic heterocycles. The first-order valence-electron chi connectivity index (χ1n) is 7.50. The summed E-state index contributed by atoms with van der Waals surface area (Å²) in [7, 11) is 0. The molecule has 1 aromatic rings. The van der Waals surface area contributed by atoms with E-state index in [1.807, 2.05) is 0 Å². The van der Waals surface area contributed by atoms with Crippen LogP contribution in [0, 0.1) is 12.8 Å². The van der Waals surface area contributed by atoms with Crippen LogP contribution in [0.5, 0.6) is 0 Å². The summed E-state index contributed by atoms with van der Waals surface area (Å²) in [4.78, 5) is 7.01. The van der Waals surface area contributed by atoms with Crippen molar-refractivity contribution in [2.75, 3.05) is 24.5 Å². The van der Waals surface area contributed by atoms with E-state index in [2.05, 4.69) is 62.0 Å². The van der Waals surface area contributed by atoms with Gasteiger partial charge in [0.25, 0.3) is 0 Å². The van der Waals surface area contributed by atoms with E-state index in [0.29, 0.717) is 5.92 Å². The van der Waals surface area contributed by atoms with E-state index < -0.39 is 0 Å². The monoisotopic (exact) mass is 263 g/mol. The largest absolute Gasteiger partial charge is 0.357 e. The Morgan fingerprint density at radius 2 is 2.00 bits per heavy atom. The van der Waals surface area contributed by atoms with Crippen molar-refractivity contribution in [3.8, 4) is 0 Å². The molecule has 0 saturated heterocycles. The lowest BCUT2D eigenvalue weighted by molar-refractivity contribution is 0.552. The number of aryl methyl sites for hydroxylation is 1. The van der Waals surface area contributed by atoms with Gasteiger partial charge in [0, 0.05) is 25.3 Å². The van der Waals surface area contributed by atoms with Gasteiger partial charge in [-0.2, -0.15) is 0 Å². The zero-order valence-corrected chi connectivity index (χ0v) is 13.2. The van der Waals surface area contributed by atoms with Crippen molar-refractivity contribution < 1.29 is 0 Å². The van der Waals surface area contributed by atoms with Crippen molar-refractivity contribution in [1.82, 2.24) is 10.3 Å². The van der Waals surface area contributed by atoms with E-state index in [0.717, 1.165) is 44.1 Å². The zero-order valence-electron chi connectivity index (χ0n) is 13.2. The van der Waals surface area contributed by atoms with Gasteiger partial charge in [-0.15, -0.1) is 0 Å². The summed E-state index contributed by atoms with van der Waals surface area (Å²) in [5, 5.41) is 3.50. The maximum atomic E-state index is 4.66. The number of hydrogen-bond donors (Lipinski definition) is 1. The summed E-state index contributed by atoms with van der Waals surface area (Å²) in [6.45, 7) is 15.0. The average molecular weight is 263 g/mol. The Morgan fingerprint density at radius 3 is 2.58 bits per heavy atom. The number of anilines is 1. The summed E-state index contributed by atoms with van der Waals surface area (Å²) >= 11 is 0. The second kappa shape index (κ2) is 8.16. The minimum absolute atomic E-state index is 0.689. The van der Waals surface area contributed by atoms with Gasteiger partial charge >= 0.3 is 0 Å². The van der Waals surface area contributed by atoms with Crippen LogP contribution in [-0.2, 0) is 6.54 Å². The Labute approximate surface area is 118 Å². The van der Waals surface area contributed by atoms with Crippen LogP contribution in [0.15, 0.2) is 12.1 Å². The molecule has 0 aliphatic rings. The van der Waals surface area contributed by atoms with E-state index in [1.54, 1.807) is 0 Å². The van der Waals surface area contributed by atoms with Crippen LogP contribution in [-0.4, -0.2) is 24.6 Å². The summed E-state index contributed by atoms with van der Waals surface area (Å²) in [5.74, 6) is 1.81. The van der Waals surface area contributed by atoms with Crippen molar-refractivity contribution >= 4 is 5.82 Å². The number of nitrogens with zero attached hydrogens (tertiary/aromatic N) is 2. The van der Waals surface area contributed by atoms with E-state index in [-0.39, 0.29) is 0 Å². The van der Waals surface area contributed by atoms with E-state index in [9.17, 15) is 0 Å². The minimum atomic E-state index is 0.689. The van der Waals surface area contributed by atoms with Gasteiger partial charge in [-0.3, -0.25) is 0 Å². The van der Waals surface area contributed by atoms with Gasteiger partial charge < -0.3 is 10.2 Å². The van der Waals surface area contributed by atoms with Crippen molar-refractivity contribution in [2.24, 2.45) is 5.92 Å². The van der Waals surface area contributed by atoms with Crippen molar-refractivity contribution in [3.63, 3.8) is 0 Å². The molecular weight excluding hydrogens is 234 g/mol. The zero-order chi connectivity index (χ0) is 14.3. The lowest BCUT2D eigenvalue weighted by Gasteiger charge is -2.22. The van der Waals surface area contributed by atoms with E-state index >= 15 is 0 Å². The van der Waals surface area contributed by atoms with Crippen LogP contribution in [0.2, 0.25) is 0 Å². The number of aromatic nitrogens is 1. The average Bonchev–Trinajstić information content (AvgIpc) is 2.34.